The van der Waals surface area contributed by atoms with Crippen molar-refractivity contribution in [2.45, 2.75) is 77.3 Å². The molecule has 3 heteroatoms. The summed E-state index contributed by atoms with van der Waals surface area (Å²) in [5.41, 5.74) is 6.10. The Morgan fingerprint density at radius 2 is 1.79 bits per heavy atom. The molecule has 0 aromatic carbocycles. The quantitative estimate of drug-likeness (QED) is 0.803. The van der Waals surface area contributed by atoms with Gasteiger partial charge in [0.05, 0.1) is 6.04 Å². The molecule has 0 aliphatic heterocycles. The van der Waals surface area contributed by atoms with Crippen LogP contribution in [0.4, 0.5) is 0 Å². The number of hydrogen-bond acceptors (Lipinski definition) is 2. The fourth-order valence-corrected chi connectivity index (χ4v) is 3.27. The summed E-state index contributed by atoms with van der Waals surface area (Å²) in [6, 6.07) is 0.219. The van der Waals surface area contributed by atoms with Crippen LogP contribution < -0.4 is 5.73 Å². The van der Waals surface area contributed by atoms with E-state index in [1.54, 1.807) is 0 Å². The van der Waals surface area contributed by atoms with E-state index in [-0.39, 0.29) is 11.9 Å². The average Bonchev–Trinajstić information content (AvgIpc) is 3.20. The predicted molar refractivity (Wildman–Crippen MR) is 78.7 cm³/mol. The zero-order chi connectivity index (χ0) is 13.8. The van der Waals surface area contributed by atoms with Gasteiger partial charge >= 0.3 is 0 Å². The molecular weight excluding hydrogens is 236 g/mol. The van der Waals surface area contributed by atoms with Crippen molar-refractivity contribution in [1.29, 1.82) is 0 Å². The van der Waals surface area contributed by atoms with E-state index in [0.717, 1.165) is 18.9 Å². The Morgan fingerprint density at radius 3 is 2.32 bits per heavy atom. The zero-order valence-electron chi connectivity index (χ0n) is 12.6. The Kier molecular flexibility index (Phi) is 5.26. The number of nitrogens with two attached hydrogens (primary N) is 1. The van der Waals surface area contributed by atoms with E-state index >= 15 is 0 Å². The second-order valence-electron chi connectivity index (χ2n) is 6.96. The van der Waals surface area contributed by atoms with Gasteiger partial charge in [0.2, 0.25) is 5.91 Å². The highest BCUT2D eigenvalue weighted by Crippen LogP contribution is 2.32. The minimum absolute atomic E-state index is 0.210. The predicted octanol–water partition coefficient (Wildman–Crippen LogP) is 2.93. The van der Waals surface area contributed by atoms with Crippen LogP contribution in [-0.2, 0) is 4.79 Å². The fourth-order valence-electron chi connectivity index (χ4n) is 3.27. The molecule has 3 nitrogen and oxygen atoms in total. The molecular formula is C16H30N2O. The van der Waals surface area contributed by atoms with Gasteiger partial charge in [0.25, 0.3) is 0 Å². The maximum Gasteiger partial charge on any atom is 0.239 e. The number of hydrogen-bond donors (Lipinski definition) is 1. The lowest BCUT2D eigenvalue weighted by atomic mass is 9.88. The molecule has 2 fully saturated rings. The number of carbonyl (C=O) groups is 1. The van der Waals surface area contributed by atoms with Gasteiger partial charge in [0.1, 0.15) is 0 Å². The van der Waals surface area contributed by atoms with Crippen LogP contribution in [0.15, 0.2) is 0 Å². The third-order valence-corrected chi connectivity index (χ3v) is 4.49. The average molecular weight is 266 g/mol. The van der Waals surface area contributed by atoms with Gasteiger partial charge in [-0.1, -0.05) is 33.1 Å². The van der Waals surface area contributed by atoms with Crippen molar-refractivity contribution >= 4 is 5.91 Å². The maximum atomic E-state index is 12.5. The summed E-state index contributed by atoms with van der Waals surface area (Å²) in [5.74, 6) is 1.43. The summed E-state index contributed by atoms with van der Waals surface area (Å²) >= 11 is 0. The molecule has 0 bridgehead atoms. The van der Waals surface area contributed by atoms with E-state index in [1.165, 1.54) is 44.9 Å². The van der Waals surface area contributed by atoms with E-state index in [2.05, 4.69) is 18.7 Å². The van der Waals surface area contributed by atoms with Gasteiger partial charge in [-0.15, -0.1) is 0 Å². The van der Waals surface area contributed by atoms with E-state index in [0.29, 0.717) is 12.0 Å². The molecule has 2 aliphatic carbocycles. The summed E-state index contributed by atoms with van der Waals surface area (Å²) in [7, 11) is 0. The van der Waals surface area contributed by atoms with Gasteiger partial charge in [-0.05, 0) is 43.9 Å². The molecule has 1 atom stereocenters. The van der Waals surface area contributed by atoms with E-state index in [9.17, 15) is 4.79 Å². The first-order chi connectivity index (χ1) is 9.08. The molecule has 2 rings (SSSR count). The molecule has 0 radical (unpaired) electrons. The normalized spacial score (nSPS) is 22.5. The molecule has 0 saturated heterocycles. The standard InChI is InChI=1S/C16H30N2O/c1-12(2)10-15(17)16(19)18(14-8-9-14)11-13-6-4-3-5-7-13/h12-15H,3-11,17H2,1-2H3. The van der Waals surface area contributed by atoms with E-state index in [1.807, 2.05) is 0 Å². The van der Waals surface area contributed by atoms with E-state index in [4.69, 9.17) is 5.73 Å². The van der Waals surface area contributed by atoms with Gasteiger partial charge in [-0.2, -0.15) is 0 Å². The zero-order valence-corrected chi connectivity index (χ0v) is 12.6. The third kappa shape index (κ3) is 4.48. The Labute approximate surface area is 117 Å². The minimum Gasteiger partial charge on any atom is -0.338 e. The first-order valence-corrected chi connectivity index (χ1v) is 8.14. The molecule has 1 unspecified atom stereocenters. The van der Waals surface area contributed by atoms with Gasteiger partial charge < -0.3 is 10.6 Å². The smallest absolute Gasteiger partial charge is 0.239 e. The van der Waals surface area contributed by atoms with Crippen molar-refractivity contribution in [3.8, 4) is 0 Å². The lowest BCUT2D eigenvalue weighted by Gasteiger charge is -2.32. The highest BCUT2D eigenvalue weighted by molar-refractivity contribution is 5.82. The summed E-state index contributed by atoms with van der Waals surface area (Å²) in [6.45, 7) is 5.24. The van der Waals surface area contributed by atoms with Gasteiger partial charge in [-0.25, -0.2) is 0 Å². The largest absolute Gasteiger partial charge is 0.338 e. The monoisotopic (exact) mass is 266 g/mol. The van der Waals surface area contributed by atoms with Crippen molar-refractivity contribution in [2.24, 2.45) is 17.6 Å². The number of nitrogens with zero attached hydrogens (tertiary/aromatic N) is 1. The Bertz CT molecular complexity index is 293. The van der Waals surface area contributed by atoms with Crippen LogP contribution in [0.3, 0.4) is 0 Å². The van der Waals surface area contributed by atoms with Crippen LogP contribution in [0.1, 0.15) is 65.2 Å². The summed E-state index contributed by atoms with van der Waals surface area (Å²) in [6.07, 6.45) is 9.85. The van der Waals surface area contributed by atoms with Crippen molar-refractivity contribution in [3.63, 3.8) is 0 Å². The van der Waals surface area contributed by atoms with Gasteiger partial charge in [0, 0.05) is 12.6 Å². The molecule has 0 heterocycles. The molecule has 2 N–H and O–H groups in total. The summed E-state index contributed by atoms with van der Waals surface area (Å²) < 4.78 is 0. The molecule has 1 amide bonds. The molecule has 19 heavy (non-hydrogen) atoms. The van der Waals surface area contributed by atoms with Crippen molar-refractivity contribution in [1.82, 2.24) is 4.90 Å². The molecule has 0 aromatic rings. The lowest BCUT2D eigenvalue weighted by Crippen LogP contribution is -2.47. The van der Waals surface area contributed by atoms with Crippen LogP contribution in [0.5, 0.6) is 0 Å². The van der Waals surface area contributed by atoms with Gasteiger partial charge in [-0.3, -0.25) is 4.79 Å². The van der Waals surface area contributed by atoms with Crippen LogP contribution in [0.25, 0.3) is 0 Å². The Morgan fingerprint density at radius 1 is 1.16 bits per heavy atom. The second-order valence-corrected chi connectivity index (χ2v) is 6.96. The molecule has 110 valence electrons. The Hall–Kier alpha value is -0.570. The van der Waals surface area contributed by atoms with E-state index < -0.39 is 0 Å². The number of amides is 1. The van der Waals surface area contributed by atoms with Crippen LogP contribution in [-0.4, -0.2) is 29.4 Å². The summed E-state index contributed by atoms with van der Waals surface area (Å²) in [5, 5.41) is 0. The fraction of sp³-hybridized carbons (Fsp3) is 0.938. The van der Waals surface area contributed by atoms with Crippen molar-refractivity contribution in [3.05, 3.63) is 0 Å². The van der Waals surface area contributed by atoms with Crippen LogP contribution in [0, 0.1) is 11.8 Å². The molecule has 2 saturated carbocycles. The number of carbonyl (C=O) groups excluding carboxylic acids is 1. The van der Waals surface area contributed by atoms with Crippen molar-refractivity contribution < 1.29 is 4.79 Å². The van der Waals surface area contributed by atoms with Gasteiger partial charge in [0.15, 0.2) is 0 Å². The topological polar surface area (TPSA) is 46.3 Å². The van der Waals surface area contributed by atoms with Crippen molar-refractivity contribution in [2.75, 3.05) is 6.54 Å². The molecule has 2 aliphatic rings. The minimum atomic E-state index is -0.288. The Balaban J connectivity index is 1.89. The first kappa shape index (κ1) is 14.8. The highest BCUT2D eigenvalue weighted by atomic mass is 16.2. The van der Waals surface area contributed by atoms with Crippen LogP contribution >= 0.6 is 0 Å². The SMILES string of the molecule is CC(C)CC(N)C(=O)N(CC1CCCCC1)C1CC1. The summed E-state index contributed by atoms with van der Waals surface area (Å²) in [4.78, 5) is 14.7. The van der Waals surface area contributed by atoms with Crippen LogP contribution in [0.2, 0.25) is 0 Å². The first-order valence-electron chi connectivity index (χ1n) is 8.14. The number of rotatable bonds is 6. The third-order valence-electron chi connectivity index (χ3n) is 4.49. The maximum absolute atomic E-state index is 12.5. The second kappa shape index (κ2) is 6.74. The molecule has 0 spiro atoms. The lowest BCUT2D eigenvalue weighted by molar-refractivity contribution is -0.134. The highest BCUT2D eigenvalue weighted by Gasteiger charge is 2.36. The molecule has 0 aromatic heterocycles.